The van der Waals surface area contributed by atoms with Crippen molar-refractivity contribution in [3.05, 3.63) is 179 Å². The number of hydrogen-bond acceptors (Lipinski definition) is 8. The number of amides is 12. The van der Waals surface area contributed by atoms with E-state index in [4.69, 9.17) is 0 Å². The Bertz CT molecular complexity index is 2820. The fourth-order valence-corrected chi connectivity index (χ4v) is 10.1. The van der Waals surface area contributed by atoms with E-state index >= 15 is 0 Å². The van der Waals surface area contributed by atoms with Crippen LogP contribution in [-0.4, -0.2) is 68.4 Å². The summed E-state index contributed by atoms with van der Waals surface area (Å²) in [6, 6.07) is 36.7. The second kappa shape index (κ2) is 21.0. The fraction of sp³-hybridized carbons (Fsp3) is 0.154. The maximum Gasteiger partial charge on any atom is 0.347 e. The molecule has 70 heavy (non-hydrogen) atoms. The minimum Gasteiger partial charge on any atom is -0.307 e. The largest absolute Gasteiger partial charge is 0.347 e. The second-order valence-corrected chi connectivity index (χ2v) is 19.1. The highest BCUT2D eigenvalue weighted by atomic mass is 33.1. The average molecular weight is 973 g/mol. The Morgan fingerprint density at radius 3 is 0.900 bits per heavy atom. The molecule has 0 spiro atoms. The predicted molar refractivity (Wildman–Crippen MR) is 280 cm³/mol. The van der Waals surface area contributed by atoms with Crippen LogP contribution in [0.25, 0.3) is 0 Å². The highest BCUT2D eigenvalue weighted by Gasteiger charge is 2.53. The lowest BCUT2D eigenvalue weighted by Crippen LogP contribution is -2.43. The number of imide groups is 2. The minimum atomic E-state index is -1.42. The van der Waals surface area contributed by atoms with Crippen LogP contribution in [0.1, 0.15) is 33.4 Å². The molecule has 0 aromatic heterocycles. The molecule has 4 N–H and O–H groups in total. The number of carbonyl (C=O) groups is 6. The quantitative estimate of drug-likeness (QED) is 0.103. The first-order chi connectivity index (χ1) is 33.6. The number of hydrogen-bond donors (Lipinski definition) is 4. The maximum absolute atomic E-state index is 14.9. The molecule has 0 saturated carbocycles. The molecule has 6 aromatic rings. The van der Waals surface area contributed by atoms with Crippen LogP contribution >= 0.6 is 21.6 Å². The second-order valence-electron chi connectivity index (χ2n) is 16.7. The number of urea groups is 6. The van der Waals surface area contributed by atoms with Crippen molar-refractivity contribution >= 4 is 104 Å². The first-order valence-electron chi connectivity index (χ1n) is 22.0. The fourth-order valence-electron chi connectivity index (χ4n) is 7.24. The van der Waals surface area contributed by atoms with Gasteiger partial charge in [-0.15, -0.1) is 0 Å². The van der Waals surface area contributed by atoms with Gasteiger partial charge in [0.25, 0.3) is 0 Å². The normalized spacial score (nSPS) is 16.8. The number of rotatable bonds is 9. The van der Waals surface area contributed by atoms with Crippen molar-refractivity contribution in [2.75, 3.05) is 31.1 Å². The van der Waals surface area contributed by atoms with Gasteiger partial charge in [-0.25, -0.2) is 48.4 Å². The van der Waals surface area contributed by atoms with E-state index in [2.05, 4.69) is 31.3 Å². The number of benzene rings is 6. The van der Waals surface area contributed by atoms with Crippen LogP contribution in [-0.2, 0) is 0 Å². The molecule has 2 aliphatic rings. The molecular formula is C52H48N10O6S2. The summed E-state index contributed by atoms with van der Waals surface area (Å²) >= 11 is 0. The van der Waals surface area contributed by atoms with Gasteiger partial charge in [0, 0.05) is 22.7 Å². The molecule has 2 heterocycles. The monoisotopic (exact) mass is 972 g/mol. The third-order valence-electron chi connectivity index (χ3n) is 11.1. The van der Waals surface area contributed by atoms with Gasteiger partial charge in [0.15, 0.2) is 22.4 Å². The lowest BCUT2D eigenvalue weighted by Gasteiger charge is -2.24. The minimum absolute atomic E-state index is 0.166. The number of amidine groups is 2. The molecule has 2 saturated heterocycles. The van der Waals surface area contributed by atoms with E-state index in [1.165, 1.54) is 9.80 Å². The highest BCUT2D eigenvalue weighted by molar-refractivity contribution is 8.77. The molecule has 354 valence electrons. The number of nitrogens with one attached hydrogen (secondary N) is 4. The van der Waals surface area contributed by atoms with Crippen molar-refractivity contribution in [3.8, 4) is 0 Å². The standard InChI is InChI=1S/C52H48N10O6S2/c1-31-7-19-37(20-8-31)53-47(63)57-43-45(61(49(65)55-39-23-11-33(3)12-24-39)51(67)59(43)41-27-15-35(5)16-28-41)69-70-46-44(58-48(64)54-38-21-9-32(2)10-22-38)60(42-29-17-36(6)18-30-42)52(68)62(46)50(66)56-40-25-13-34(4)14-26-40/h7-30,45-46H,1-6H3,(H,53,63)(H,54,64)(H,55,65)(H,56,66)/b57-43-,58-44-. The molecule has 2 atom stereocenters. The van der Waals surface area contributed by atoms with Gasteiger partial charge in [0.2, 0.25) is 0 Å². The highest BCUT2D eigenvalue weighted by Crippen LogP contribution is 2.44. The Labute approximate surface area is 412 Å². The molecule has 16 nitrogen and oxygen atoms in total. The van der Waals surface area contributed by atoms with E-state index in [1.807, 2.05) is 65.8 Å². The van der Waals surface area contributed by atoms with Crippen molar-refractivity contribution in [1.82, 2.24) is 9.80 Å². The van der Waals surface area contributed by atoms with E-state index in [0.717, 1.165) is 64.8 Å². The van der Waals surface area contributed by atoms with Gasteiger partial charge >= 0.3 is 36.2 Å². The molecule has 6 aromatic carbocycles. The molecule has 12 amide bonds. The smallest absolute Gasteiger partial charge is 0.307 e. The van der Waals surface area contributed by atoms with Crippen molar-refractivity contribution < 1.29 is 28.8 Å². The van der Waals surface area contributed by atoms with E-state index in [9.17, 15) is 28.8 Å². The van der Waals surface area contributed by atoms with Crippen LogP contribution in [0.2, 0.25) is 0 Å². The van der Waals surface area contributed by atoms with E-state index < -0.39 is 46.9 Å². The third kappa shape index (κ3) is 11.0. The lowest BCUT2D eigenvalue weighted by atomic mass is 10.2. The van der Waals surface area contributed by atoms with Gasteiger partial charge in [0.1, 0.15) is 0 Å². The Hall–Kier alpha value is -8.22. The Morgan fingerprint density at radius 2 is 0.629 bits per heavy atom. The zero-order valence-corrected chi connectivity index (χ0v) is 40.6. The summed E-state index contributed by atoms with van der Waals surface area (Å²) in [5, 5.41) is 8.30. The van der Waals surface area contributed by atoms with Crippen LogP contribution in [0.3, 0.4) is 0 Å². The van der Waals surface area contributed by atoms with Crippen molar-refractivity contribution in [2.24, 2.45) is 9.98 Å². The van der Waals surface area contributed by atoms with E-state index in [-0.39, 0.29) is 11.7 Å². The van der Waals surface area contributed by atoms with Crippen LogP contribution in [0.5, 0.6) is 0 Å². The number of nitrogens with zero attached hydrogens (tertiary/aromatic N) is 6. The molecule has 2 fully saturated rings. The van der Waals surface area contributed by atoms with Gasteiger partial charge in [-0.2, -0.15) is 9.98 Å². The summed E-state index contributed by atoms with van der Waals surface area (Å²) in [5.74, 6) is -0.331. The third-order valence-corrected chi connectivity index (χ3v) is 13.8. The first kappa shape index (κ1) is 48.2. The number of aryl methyl sites for hydroxylation is 6. The number of anilines is 6. The van der Waals surface area contributed by atoms with Crippen LogP contribution in [0.4, 0.5) is 62.9 Å². The topological polar surface area (TPSA) is 188 Å². The molecule has 8 rings (SSSR count). The summed E-state index contributed by atoms with van der Waals surface area (Å²) in [6.45, 7) is 11.3. The molecule has 0 aliphatic carbocycles. The Morgan fingerprint density at radius 1 is 0.386 bits per heavy atom. The maximum atomic E-state index is 14.9. The Kier molecular flexibility index (Phi) is 14.5. The van der Waals surface area contributed by atoms with Gasteiger partial charge < -0.3 is 21.3 Å². The summed E-state index contributed by atoms with van der Waals surface area (Å²) in [6.07, 6.45) is 0. The van der Waals surface area contributed by atoms with E-state index in [0.29, 0.717) is 34.1 Å². The van der Waals surface area contributed by atoms with Gasteiger partial charge in [-0.1, -0.05) is 128 Å². The summed E-state index contributed by atoms with van der Waals surface area (Å²) in [5.41, 5.74) is 7.78. The van der Waals surface area contributed by atoms with Gasteiger partial charge in [0.05, 0.1) is 11.4 Å². The SMILES string of the molecule is Cc1ccc(NC(=O)/N=C2/C(SSC3/C(=N/C(=O)Nc4ccc(C)cc4)N(c4ccc(C)cc4)C(=O)N3C(=O)Nc3ccc(C)cc3)N(C(=O)Nc3ccc(C)cc3)C(=O)N2c2ccc(C)cc2)cc1. The average Bonchev–Trinajstić information content (AvgIpc) is 3.76. The van der Waals surface area contributed by atoms with Gasteiger partial charge in [-0.05, 0) is 114 Å². The van der Waals surface area contributed by atoms with Crippen molar-refractivity contribution in [3.63, 3.8) is 0 Å². The number of aliphatic imine (C=N–C) groups is 2. The van der Waals surface area contributed by atoms with Crippen LogP contribution in [0.15, 0.2) is 156 Å². The predicted octanol–water partition coefficient (Wildman–Crippen LogP) is 12.5. The zero-order valence-electron chi connectivity index (χ0n) is 39.0. The van der Waals surface area contributed by atoms with Crippen LogP contribution in [0, 0.1) is 41.5 Å². The molecule has 18 heteroatoms. The van der Waals surface area contributed by atoms with E-state index in [1.54, 1.807) is 121 Å². The Balaban J connectivity index is 1.25. The van der Waals surface area contributed by atoms with Crippen LogP contribution < -0.4 is 31.1 Å². The summed E-state index contributed by atoms with van der Waals surface area (Å²) in [4.78, 5) is 100. The molecule has 2 unspecified atom stereocenters. The number of carbonyl (C=O) groups excluding carboxylic acids is 6. The molecule has 2 aliphatic heterocycles. The summed E-state index contributed by atoms with van der Waals surface area (Å²) in [7, 11) is 1.71. The lowest BCUT2D eigenvalue weighted by molar-refractivity contribution is 0.205. The van der Waals surface area contributed by atoms with Crippen molar-refractivity contribution in [2.45, 2.75) is 52.3 Å². The zero-order chi connectivity index (χ0) is 49.6. The van der Waals surface area contributed by atoms with Gasteiger partial charge in [-0.3, -0.25) is 0 Å². The first-order valence-corrected chi connectivity index (χ1v) is 24.3. The molecule has 0 radical (unpaired) electrons. The van der Waals surface area contributed by atoms with Crippen molar-refractivity contribution in [1.29, 1.82) is 0 Å². The summed E-state index contributed by atoms with van der Waals surface area (Å²) < 4.78 is 0. The molecule has 0 bridgehead atoms. The molecular weight excluding hydrogens is 925 g/mol.